The molecule has 0 spiro atoms. The second-order valence-corrected chi connectivity index (χ2v) is 6.73. The molecule has 3 nitrogen and oxygen atoms in total. The molecule has 25 heavy (non-hydrogen) atoms. The number of nitrogens with zero attached hydrogens (tertiary/aromatic N) is 1. The summed E-state index contributed by atoms with van der Waals surface area (Å²) in [6.07, 6.45) is 8.07. The van der Waals surface area contributed by atoms with Crippen molar-refractivity contribution in [2.24, 2.45) is 0 Å². The van der Waals surface area contributed by atoms with Crippen LogP contribution in [0.5, 0.6) is 5.75 Å². The summed E-state index contributed by atoms with van der Waals surface area (Å²) in [7, 11) is 0. The highest BCUT2D eigenvalue weighted by Crippen LogP contribution is 2.24. The van der Waals surface area contributed by atoms with Gasteiger partial charge in [-0.05, 0) is 43.4 Å². The highest BCUT2D eigenvalue weighted by Gasteiger charge is 2.05. The number of unbranched alkanes of at least 4 members (excludes halogenated alkanes) is 1. The molecule has 3 aromatic rings. The number of aromatic nitrogens is 1. The number of fused-ring (bicyclic) bond motifs is 1. The molecule has 1 aromatic heterocycles. The largest absolute Gasteiger partial charge is 0.506 e. The first-order valence-electron chi connectivity index (χ1n) is 9.05. The van der Waals surface area contributed by atoms with Gasteiger partial charge in [-0.2, -0.15) is 0 Å². The lowest BCUT2D eigenvalue weighted by molar-refractivity contribution is 0.479. The minimum atomic E-state index is 0.244. The Kier molecular flexibility index (Phi) is 6.02. The Morgan fingerprint density at radius 3 is 2.68 bits per heavy atom. The maximum absolute atomic E-state index is 9.93. The van der Waals surface area contributed by atoms with Crippen LogP contribution in [0.15, 0.2) is 60.9 Å². The van der Waals surface area contributed by atoms with Gasteiger partial charge in [0.25, 0.3) is 0 Å². The standard InChI is InChI=1S/C22H26N2O/c1-17(7-5-6-10-18-8-3-2-4-9-18)24-14-19-11-12-20-15-23-16-22(25)21(20)13-19/h2-4,8-9,11-13,15-17,24-25H,5-7,10,14H2,1H3/t17-/m1/s1. The number of aryl methyl sites for hydroxylation is 1. The highest BCUT2D eigenvalue weighted by atomic mass is 16.3. The molecule has 0 bridgehead atoms. The van der Waals surface area contributed by atoms with Crippen molar-refractivity contribution in [3.05, 3.63) is 72.1 Å². The fourth-order valence-electron chi connectivity index (χ4n) is 3.12. The van der Waals surface area contributed by atoms with Gasteiger partial charge in [-0.3, -0.25) is 4.98 Å². The Morgan fingerprint density at radius 1 is 1.00 bits per heavy atom. The van der Waals surface area contributed by atoms with Gasteiger partial charge in [-0.25, -0.2) is 0 Å². The molecule has 3 heteroatoms. The Morgan fingerprint density at radius 2 is 1.84 bits per heavy atom. The van der Waals surface area contributed by atoms with Crippen LogP contribution < -0.4 is 5.32 Å². The summed E-state index contributed by atoms with van der Waals surface area (Å²) >= 11 is 0. The quantitative estimate of drug-likeness (QED) is 0.580. The highest BCUT2D eigenvalue weighted by molar-refractivity contribution is 5.87. The summed E-state index contributed by atoms with van der Waals surface area (Å²) in [6.45, 7) is 3.06. The number of aromatic hydroxyl groups is 1. The van der Waals surface area contributed by atoms with Crippen molar-refractivity contribution >= 4 is 10.8 Å². The lowest BCUT2D eigenvalue weighted by atomic mass is 10.0. The van der Waals surface area contributed by atoms with Crippen molar-refractivity contribution in [3.8, 4) is 5.75 Å². The van der Waals surface area contributed by atoms with E-state index in [2.05, 4.69) is 53.6 Å². The van der Waals surface area contributed by atoms with Crippen LogP contribution in [-0.4, -0.2) is 16.1 Å². The molecule has 2 N–H and O–H groups in total. The average Bonchev–Trinajstić information content (AvgIpc) is 2.65. The third-order valence-corrected chi connectivity index (χ3v) is 4.65. The van der Waals surface area contributed by atoms with E-state index < -0.39 is 0 Å². The smallest absolute Gasteiger partial charge is 0.141 e. The molecule has 2 aromatic carbocycles. The van der Waals surface area contributed by atoms with E-state index in [4.69, 9.17) is 0 Å². The van der Waals surface area contributed by atoms with Crippen LogP contribution in [-0.2, 0) is 13.0 Å². The number of nitrogens with one attached hydrogen (secondary N) is 1. The molecule has 0 saturated heterocycles. The maximum atomic E-state index is 9.93. The molecule has 0 fully saturated rings. The third kappa shape index (κ3) is 5.04. The van der Waals surface area contributed by atoms with E-state index in [-0.39, 0.29) is 5.75 Å². The number of benzene rings is 2. The summed E-state index contributed by atoms with van der Waals surface area (Å²) in [5.74, 6) is 0.244. The van der Waals surface area contributed by atoms with Crippen molar-refractivity contribution in [3.63, 3.8) is 0 Å². The van der Waals surface area contributed by atoms with Crippen LogP contribution >= 0.6 is 0 Å². The van der Waals surface area contributed by atoms with Gasteiger partial charge in [0.1, 0.15) is 5.75 Å². The number of hydrogen-bond donors (Lipinski definition) is 2. The Balaban J connectivity index is 1.43. The lowest BCUT2D eigenvalue weighted by Crippen LogP contribution is -2.25. The average molecular weight is 334 g/mol. The summed E-state index contributed by atoms with van der Waals surface area (Å²) in [6, 6.07) is 17.3. The molecule has 0 aliphatic rings. The summed E-state index contributed by atoms with van der Waals surface area (Å²) in [5.41, 5.74) is 2.61. The minimum Gasteiger partial charge on any atom is -0.506 e. The molecule has 3 rings (SSSR count). The topological polar surface area (TPSA) is 45.2 Å². The molecule has 1 heterocycles. The number of hydrogen-bond acceptors (Lipinski definition) is 3. The van der Waals surface area contributed by atoms with Gasteiger partial charge in [0, 0.05) is 29.6 Å². The molecular weight excluding hydrogens is 308 g/mol. The molecule has 0 aliphatic heterocycles. The van der Waals surface area contributed by atoms with E-state index in [1.807, 2.05) is 12.1 Å². The van der Waals surface area contributed by atoms with Crippen LogP contribution in [0.4, 0.5) is 0 Å². The SMILES string of the molecule is C[C@H](CCCCc1ccccc1)NCc1ccc2cncc(O)c2c1. The van der Waals surface area contributed by atoms with E-state index >= 15 is 0 Å². The lowest BCUT2D eigenvalue weighted by Gasteiger charge is -2.14. The minimum absolute atomic E-state index is 0.244. The van der Waals surface area contributed by atoms with Gasteiger partial charge in [0.05, 0.1) is 6.20 Å². The molecule has 0 radical (unpaired) electrons. The second-order valence-electron chi connectivity index (χ2n) is 6.73. The van der Waals surface area contributed by atoms with Crippen LogP contribution in [0.3, 0.4) is 0 Å². The zero-order valence-corrected chi connectivity index (χ0v) is 14.8. The zero-order valence-electron chi connectivity index (χ0n) is 14.8. The van der Waals surface area contributed by atoms with Gasteiger partial charge >= 0.3 is 0 Å². The van der Waals surface area contributed by atoms with E-state index in [1.165, 1.54) is 36.6 Å². The van der Waals surface area contributed by atoms with Gasteiger partial charge in [0.15, 0.2) is 0 Å². The maximum Gasteiger partial charge on any atom is 0.141 e. The van der Waals surface area contributed by atoms with Crippen molar-refractivity contribution in [1.29, 1.82) is 0 Å². The molecule has 0 amide bonds. The Hall–Kier alpha value is -2.39. The van der Waals surface area contributed by atoms with Gasteiger partial charge < -0.3 is 10.4 Å². The van der Waals surface area contributed by atoms with Crippen LogP contribution in [0.2, 0.25) is 0 Å². The third-order valence-electron chi connectivity index (χ3n) is 4.65. The van der Waals surface area contributed by atoms with Crippen LogP contribution in [0.25, 0.3) is 10.8 Å². The summed E-state index contributed by atoms with van der Waals surface area (Å²) in [5, 5.41) is 15.3. The molecule has 0 saturated carbocycles. The predicted molar refractivity (Wildman–Crippen MR) is 104 cm³/mol. The zero-order chi connectivity index (χ0) is 17.5. The number of rotatable bonds is 8. The molecular formula is C22H26N2O. The fourth-order valence-corrected chi connectivity index (χ4v) is 3.12. The number of pyridine rings is 1. The van der Waals surface area contributed by atoms with E-state index in [9.17, 15) is 5.11 Å². The van der Waals surface area contributed by atoms with Gasteiger partial charge in [0.2, 0.25) is 0 Å². The summed E-state index contributed by atoms with van der Waals surface area (Å²) < 4.78 is 0. The van der Waals surface area contributed by atoms with Crippen LogP contribution in [0, 0.1) is 0 Å². The van der Waals surface area contributed by atoms with Crippen molar-refractivity contribution in [2.45, 2.75) is 45.2 Å². The van der Waals surface area contributed by atoms with E-state index in [0.717, 1.165) is 23.7 Å². The second kappa shape index (κ2) is 8.63. The first-order valence-corrected chi connectivity index (χ1v) is 9.05. The Labute approximate surface area is 149 Å². The van der Waals surface area contributed by atoms with E-state index in [1.54, 1.807) is 6.20 Å². The van der Waals surface area contributed by atoms with Gasteiger partial charge in [-0.15, -0.1) is 0 Å². The van der Waals surface area contributed by atoms with Crippen molar-refractivity contribution < 1.29 is 5.11 Å². The molecule has 1 atom stereocenters. The van der Waals surface area contributed by atoms with Crippen molar-refractivity contribution in [1.82, 2.24) is 10.3 Å². The normalized spacial score (nSPS) is 12.4. The monoisotopic (exact) mass is 334 g/mol. The fraction of sp³-hybridized carbons (Fsp3) is 0.318. The first-order chi connectivity index (χ1) is 12.2. The van der Waals surface area contributed by atoms with E-state index in [0.29, 0.717) is 6.04 Å². The summed E-state index contributed by atoms with van der Waals surface area (Å²) in [4.78, 5) is 4.01. The molecule has 130 valence electrons. The van der Waals surface area contributed by atoms with Crippen molar-refractivity contribution in [2.75, 3.05) is 0 Å². The van der Waals surface area contributed by atoms with Gasteiger partial charge in [-0.1, -0.05) is 48.9 Å². The molecule has 0 unspecified atom stereocenters. The molecule has 0 aliphatic carbocycles. The van der Waals surface area contributed by atoms with Crippen LogP contribution in [0.1, 0.15) is 37.3 Å². The predicted octanol–water partition coefficient (Wildman–Crippen LogP) is 4.83. The Bertz CT molecular complexity index is 801. The first kappa shape index (κ1) is 17.4.